The number of ether oxygens (including phenoxy) is 2. The first kappa shape index (κ1) is 23.2. The normalized spacial score (nSPS) is 17.2. The molecule has 3 aromatic rings. The SMILES string of the molecule is COCCN1C(=O)C(=O)C(=C(O)c2ccc(OCc3ccccc3)cc2C)C1c1ccncc1. The van der Waals surface area contributed by atoms with Crippen LogP contribution in [0.4, 0.5) is 0 Å². The smallest absolute Gasteiger partial charge is 0.295 e. The second-order valence-corrected chi connectivity index (χ2v) is 8.02. The summed E-state index contributed by atoms with van der Waals surface area (Å²) in [7, 11) is 1.53. The van der Waals surface area contributed by atoms with Crippen molar-refractivity contribution in [1.29, 1.82) is 0 Å². The lowest BCUT2D eigenvalue weighted by Crippen LogP contribution is -2.32. The Hall–Kier alpha value is -3.97. The third-order valence-corrected chi connectivity index (χ3v) is 5.80. The van der Waals surface area contributed by atoms with Crippen LogP contribution in [0.15, 0.2) is 78.6 Å². The highest BCUT2D eigenvalue weighted by atomic mass is 16.5. The van der Waals surface area contributed by atoms with E-state index in [-0.39, 0.29) is 24.5 Å². The molecule has 2 aromatic carbocycles. The van der Waals surface area contributed by atoms with Crippen LogP contribution in [0.5, 0.6) is 5.75 Å². The first-order valence-electron chi connectivity index (χ1n) is 11.0. The number of likely N-dealkylation sites (tertiary alicyclic amines) is 1. The molecule has 0 bridgehead atoms. The fourth-order valence-electron chi connectivity index (χ4n) is 4.07. The van der Waals surface area contributed by atoms with Crippen LogP contribution in [0.2, 0.25) is 0 Å². The van der Waals surface area contributed by atoms with Crippen molar-refractivity contribution in [3.63, 3.8) is 0 Å². The molecule has 1 unspecified atom stereocenters. The molecule has 7 nitrogen and oxygen atoms in total. The van der Waals surface area contributed by atoms with E-state index < -0.39 is 17.7 Å². The van der Waals surface area contributed by atoms with Crippen LogP contribution in [-0.2, 0) is 20.9 Å². The van der Waals surface area contributed by atoms with Gasteiger partial charge in [0.2, 0.25) is 0 Å². The molecular formula is C27H26N2O5. The maximum atomic E-state index is 13.0. The van der Waals surface area contributed by atoms with Gasteiger partial charge in [-0.1, -0.05) is 30.3 Å². The number of pyridine rings is 1. The molecule has 34 heavy (non-hydrogen) atoms. The molecule has 1 amide bonds. The van der Waals surface area contributed by atoms with Gasteiger partial charge in [-0.3, -0.25) is 14.6 Å². The van der Waals surface area contributed by atoms with Gasteiger partial charge in [0, 0.05) is 31.6 Å². The van der Waals surface area contributed by atoms with E-state index in [2.05, 4.69) is 4.98 Å². The quantitative estimate of drug-likeness (QED) is 0.311. The molecule has 0 saturated carbocycles. The topological polar surface area (TPSA) is 89.0 Å². The van der Waals surface area contributed by atoms with E-state index in [9.17, 15) is 14.7 Å². The van der Waals surface area contributed by atoms with E-state index in [1.165, 1.54) is 12.0 Å². The number of nitrogens with zero attached hydrogens (tertiary/aromatic N) is 2. The first-order valence-corrected chi connectivity index (χ1v) is 11.0. The van der Waals surface area contributed by atoms with Gasteiger partial charge in [0.25, 0.3) is 11.7 Å². The zero-order valence-corrected chi connectivity index (χ0v) is 19.1. The van der Waals surface area contributed by atoms with Crippen molar-refractivity contribution in [2.24, 2.45) is 0 Å². The van der Waals surface area contributed by atoms with E-state index in [1.807, 2.05) is 37.3 Å². The molecule has 174 valence electrons. The van der Waals surface area contributed by atoms with Crippen molar-refractivity contribution >= 4 is 17.4 Å². The molecule has 7 heteroatoms. The fourth-order valence-corrected chi connectivity index (χ4v) is 4.07. The largest absolute Gasteiger partial charge is 0.507 e. The Bertz CT molecular complexity index is 1210. The van der Waals surface area contributed by atoms with Crippen LogP contribution in [0.1, 0.15) is 28.3 Å². The van der Waals surface area contributed by atoms with Crippen LogP contribution in [-0.4, -0.2) is 46.9 Å². The van der Waals surface area contributed by atoms with Crippen molar-refractivity contribution in [2.75, 3.05) is 20.3 Å². The maximum Gasteiger partial charge on any atom is 0.295 e. The molecule has 1 saturated heterocycles. The zero-order valence-electron chi connectivity index (χ0n) is 19.1. The van der Waals surface area contributed by atoms with Gasteiger partial charge in [-0.15, -0.1) is 0 Å². The summed E-state index contributed by atoms with van der Waals surface area (Å²) in [6, 6.07) is 17.8. The molecule has 1 aliphatic rings. The van der Waals surface area contributed by atoms with E-state index in [0.29, 0.717) is 23.5 Å². The monoisotopic (exact) mass is 458 g/mol. The molecule has 1 fully saturated rings. The Morgan fingerprint density at radius 3 is 2.47 bits per heavy atom. The fraction of sp³-hybridized carbons (Fsp3) is 0.222. The predicted octanol–water partition coefficient (Wildman–Crippen LogP) is 4.04. The van der Waals surface area contributed by atoms with Gasteiger partial charge in [0.05, 0.1) is 18.2 Å². The van der Waals surface area contributed by atoms with Gasteiger partial charge >= 0.3 is 0 Å². The minimum absolute atomic E-state index is 0.0494. The standard InChI is InChI=1S/C27H26N2O5/c1-18-16-21(34-17-19-6-4-3-5-7-19)8-9-22(18)25(30)23-24(20-10-12-28-13-11-20)29(14-15-33-2)27(32)26(23)31/h3-13,16,24,30H,14-15,17H2,1-2H3. The number of aromatic nitrogens is 1. The molecule has 0 aliphatic carbocycles. The Kier molecular flexibility index (Phi) is 7.04. The Balaban J connectivity index is 1.68. The summed E-state index contributed by atoms with van der Waals surface area (Å²) >= 11 is 0. The van der Waals surface area contributed by atoms with Gasteiger partial charge in [0.1, 0.15) is 18.1 Å². The molecule has 0 spiro atoms. The number of benzene rings is 2. The number of aryl methyl sites for hydroxylation is 1. The minimum atomic E-state index is -0.730. The minimum Gasteiger partial charge on any atom is -0.507 e. The van der Waals surface area contributed by atoms with Gasteiger partial charge in [-0.2, -0.15) is 0 Å². The zero-order chi connectivity index (χ0) is 24.1. The van der Waals surface area contributed by atoms with E-state index >= 15 is 0 Å². The first-order chi connectivity index (χ1) is 16.5. The van der Waals surface area contributed by atoms with Crippen molar-refractivity contribution in [3.05, 3.63) is 101 Å². The van der Waals surface area contributed by atoms with Gasteiger partial charge in [-0.25, -0.2) is 0 Å². The number of carbonyl (C=O) groups excluding carboxylic acids is 2. The average molecular weight is 459 g/mol. The number of aliphatic hydroxyl groups excluding tert-OH is 1. The summed E-state index contributed by atoms with van der Waals surface area (Å²) < 4.78 is 11.0. The lowest BCUT2D eigenvalue weighted by molar-refractivity contribution is -0.140. The van der Waals surface area contributed by atoms with E-state index in [0.717, 1.165) is 11.1 Å². The maximum absolute atomic E-state index is 13.0. The van der Waals surface area contributed by atoms with Crippen molar-refractivity contribution < 1.29 is 24.2 Å². The number of methoxy groups -OCH3 is 1. The van der Waals surface area contributed by atoms with Crippen LogP contribution < -0.4 is 4.74 Å². The highest BCUT2D eigenvalue weighted by Gasteiger charge is 2.46. The molecule has 2 heterocycles. The summed E-state index contributed by atoms with van der Waals surface area (Å²) in [6.07, 6.45) is 3.19. The molecule has 0 radical (unpaired) electrons. The van der Waals surface area contributed by atoms with Crippen LogP contribution in [0.25, 0.3) is 5.76 Å². The third-order valence-electron chi connectivity index (χ3n) is 5.80. The number of hydrogen-bond acceptors (Lipinski definition) is 6. The number of rotatable bonds is 8. The van der Waals surface area contributed by atoms with Gasteiger partial charge < -0.3 is 19.5 Å². The number of Topliss-reactive ketones (excluding diaryl/α,β-unsaturated/α-hetero) is 1. The second kappa shape index (κ2) is 10.3. The number of ketones is 1. The number of hydrogen-bond donors (Lipinski definition) is 1. The summed E-state index contributed by atoms with van der Waals surface area (Å²) in [5.41, 5.74) is 2.97. The van der Waals surface area contributed by atoms with Crippen LogP contribution in [0, 0.1) is 6.92 Å². The Labute approximate surface area is 198 Å². The highest BCUT2D eigenvalue weighted by molar-refractivity contribution is 6.46. The number of amides is 1. The summed E-state index contributed by atoms with van der Waals surface area (Å²) in [4.78, 5) is 31.3. The third kappa shape index (κ3) is 4.70. The second-order valence-electron chi connectivity index (χ2n) is 8.02. The number of aliphatic hydroxyl groups is 1. The van der Waals surface area contributed by atoms with E-state index in [1.54, 1.807) is 42.7 Å². The molecule has 1 atom stereocenters. The molecule has 4 rings (SSSR count). The van der Waals surface area contributed by atoms with Gasteiger partial charge in [0.15, 0.2) is 0 Å². The van der Waals surface area contributed by atoms with Crippen LogP contribution >= 0.6 is 0 Å². The molecule has 1 N–H and O–H groups in total. The summed E-state index contributed by atoms with van der Waals surface area (Å²) in [5, 5.41) is 11.3. The summed E-state index contributed by atoms with van der Waals surface area (Å²) in [6.45, 7) is 2.72. The average Bonchev–Trinajstić information content (AvgIpc) is 3.12. The predicted molar refractivity (Wildman–Crippen MR) is 127 cm³/mol. The van der Waals surface area contributed by atoms with Crippen molar-refractivity contribution in [3.8, 4) is 5.75 Å². The molecule has 1 aliphatic heterocycles. The lowest BCUT2D eigenvalue weighted by atomic mass is 9.94. The molecular weight excluding hydrogens is 432 g/mol. The lowest BCUT2D eigenvalue weighted by Gasteiger charge is -2.25. The van der Waals surface area contributed by atoms with Crippen molar-refractivity contribution in [2.45, 2.75) is 19.6 Å². The molecule has 1 aromatic heterocycles. The number of carbonyl (C=O) groups is 2. The van der Waals surface area contributed by atoms with Crippen LogP contribution in [0.3, 0.4) is 0 Å². The summed E-state index contributed by atoms with van der Waals surface area (Å²) in [5.74, 6) is -0.962. The van der Waals surface area contributed by atoms with Crippen molar-refractivity contribution in [1.82, 2.24) is 9.88 Å². The van der Waals surface area contributed by atoms with Gasteiger partial charge in [-0.05, 0) is 53.9 Å². The highest BCUT2D eigenvalue weighted by Crippen LogP contribution is 2.39. The Morgan fingerprint density at radius 2 is 1.79 bits per heavy atom. The van der Waals surface area contributed by atoms with E-state index in [4.69, 9.17) is 9.47 Å². The Morgan fingerprint density at radius 1 is 1.06 bits per heavy atom.